The summed E-state index contributed by atoms with van der Waals surface area (Å²) in [6, 6.07) is 0.126. The van der Waals surface area contributed by atoms with Crippen LogP contribution in [0, 0.1) is 0 Å². The topological polar surface area (TPSA) is 52.6 Å². The molecule has 0 saturated carbocycles. The SMILES string of the molecule is O=C(C1CCCCN1)[C@@H]1CCCN1CCO. The molecule has 0 aromatic rings. The highest BCUT2D eigenvalue weighted by Gasteiger charge is 2.34. The van der Waals surface area contributed by atoms with Crippen molar-refractivity contribution in [1.82, 2.24) is 10.2 Å². The van der Waals surface area contributed by atoms with E-state index in [0.717, 1.165) is 38.8 Å². The lowest BCUT2D eigenvalue weighted by Crippen LogP contribution is -2.49. The van der Waals surface area contributed by atoms with Gasteiger partial charge in [-0.1, -0.05) is 6.42 Å². The van der Waals surface area contributed by atoms with E-state index in [-0.39, 0.29) is 18.7 Å². The van der Waals surface area contributed by atoms with Crippen molar-refractivity contribution in [2.75, 3.05) is 26.2 Å². The van der Waals surface area contributed by atoms with Crippen LogP contribution >= 0.6 is 0 Å². The molecule has 16 heavy (non-hydrogen) atoms. The van der Waals surface area contributed by atoms with E-state index in [1.165, 1.54) is 6.42 Å². The molecule has 92 valence electrons. The third kappa shape index (κ3) is 2.62. The standard InChI is InChI=1S/C12H22N2O2/c15-9-8-14-7-3-5-11(14)12(16)10-4-1-2-6-13-10/h10-11,13,15H,1-9H2/t10?,11-/m0/s1. The second-order valence-corrected chi connectivity index (χ2v) is 4.82. The molecule has 1 unspecified atom stereocenters. The van der Waals surface area contributed by atoms with Gasteiger partial charge in [-0.2, -0.15) is 0 Å². The summed E-state index contributed by atoms with van der Waals surface area (Å²) in [4.78, 5) is 14.4. The molecule has 0 aliphatic carbocycles. The van der Waals surface area contributed by atoms with Gasteiger partial charge in [0, 0.05) is 6.54 Å². The van der Waals surface area contributed by atoms with Crippen LogP contribution in [0.3, 0.4) is 0 Å². The number of carbonyl (C=O) groups is 1. The number of aliphatic hydroxyl groups excluding tert-OH is 1. The molecule has 0 aromatic carbocycles. The van der Waals surface area contributed by atoms with Crippen molar-refractivity contribution in [1.29, 1.82) is 0 Å². The molecule has 2 fully saturated rings. The van der Waals surface area contributed by atoms with Crippen LogP contribution < -0.4 is 5.32 Å². The van der Waals surface area contributed by atoms with Crippen LogP contribution in [0.5, 0.6) is 0 Å². The molecular formula is C12H22N2O2. The molecule has 0 aromatic heterocycles. The van der Waals surface area contributed by atoms with Gasteiger partial charge in [-0.3, -0.25) is 9.69 Å². The molecule has 2 heterocycles. The van der Waals surface area contributed by atoms with Crippen molar-refractivity contribution in [3.05, 3.63) is 0 Å². The molecule has 4 nitrogen and oxygen atoms in total. The third-order valence-electron chi connectivity index (χ3n) is 3.73. The largest absolute Gasteiger partial charge is 0.395 e. The number of piperidine rings is 1. The van der Waals surface area contributed by atoms with Gasteiger partial charge in [0.25, 0.3) is 0 Å². The van der Waals surface area contributed by atoms with Crippen LogP contribution in [-0.4, -0.2) is 54.1 Å². The highest BCUT2D eigenvalue weighted by molar-refractivity contribution is 5.89. The first kappa shape index (κ1) is 12.0. The van der Waals surface area contributed by atoms with E-state index in [1.807, 2.05) is 0 Å². The summed E-state index contributed by atoms with van der Waals surface area (Å²) in [7, 11) is 0. The first-order valence-electron chi connectivity index (χ1n) is 6.45. The lowest BCUT2D eigenvalue weighted by molar-refractivity contribution is -0.126. The van der Waals surface area contributed by atoms with Gasteiger partial charge in [0.05, 0.1) is 18.7 Å². The Morgan fingerprint density at radius 3 is 2.88 bits per heavy atom. The van der Waals surface area contributed by atoms with Crippen molar-refractivity contribution >= 4 is 5.78 Å². The fourth-order valence-corrected chi connectivity index (χ4v) is 2.87. The number of β-amino-alcohol motifs (C(OH)–C–C–N with tert-alkyl or cyclic N) is 1. The molecule has 2 saturated heterocycles. The number of Topliss-reactive ketones (excluding diaryl/α,β-unsaturated/α-hetero) is 1. The summed E-state index contributed by atoms with van der Waals surface area (Å²) in [6.45, 7) is 2.73. The van der Waals surface area contributed by atoms with E-state index in [9.17, 15) is 4.79 Å². The molecule has 2 aliphatic rings. The Bertz CT molecular complexity index is 239. The normalized spacial score (nSPS) is 31.8. The molecule has 0 bridgehead atoms. The number of aliphatic hydroxyl groups is 1. The summed E-state index contributed by atoms with van der Waals surface area (Å²) in [6.07, 6.45) is 5.40. The maximum Gasteiger partial charge on any atom is 0.166 e. The van der Waals surface area contributed by atoms with E-state index >= 15 is 0 Å². The van der Waals surface area contributed by atoms with Crippen molar-refractivity contribution in [3.8, 4) is 0 Å². The minimum Gasteiger partial charge on any atom is -0.395 e. The highest BCUT2D eigenvalue weighted by Crippen LogP contribution is 2.21. The predicted octanol–water partition coefficient (Wildman–Crippen LogP) is 0.154. The molecule has 2 rings (SSSR count). The Morgan fingerprint density at radius 1 is 1.31 bits per heavy atom. The van der Waals surface area contributed by atoms with E-state index in [2.05, 4.69) is 10.2 Å². The quantitative estimate of drug-likeness (QED) is 0.717. The first-order chi connectivity index (χ1) is 7.83. The molecule has 4 heteroatoms. The average Bonchev–Trinajstić information content (AvgIpc) is 2.78. The number of nitrogens with one attached hydrogen (secondary N) is 1. The predicted molar refractivity (Wildman–Crippen MR) is 62.3 cm³/mol. The summed E-state index contributed by atoms with van der Waals surface area (Å²) >= 11 is 0. The zero-order chi connectivity index (χ0) is 11.4. The van der Waals surface area contributed by atoms with Crippen LogP contribution in [0.2, 0.25) is 0 Å². The van der Waals surface area contributed by atoms with Gasteiger partial charge < -0.3 is 10.4 Å². The maximum atomic E-state index is 12.3. The Hall–Kier alpha value is -0.450. The lowest BCUT2D eigenvalue weighted by atomic mass is 9.95. The molecule has 2 aliphatic heterocycles. The second-order valence-electron chi connectivity index (χ2n) is 4.82. The number of hydrogen-bond acceptors (Lipinski definition) is 4. The van der Waals surface area contributed by atoms with Gasteiger partial charge in [-0.25, -0.2) is 0 Å². The minimum atomic E-state index is 0.0581. The smallest absolute Gasteiger partial charge is 0.166 e. The summed E-state index contributed by atoms with van der Waals surface area (Å²) in [5.74, 6) is 0.352. The van der Waals surface area contributed by atoms with E-state index < -0.39 is 0 Å². The summed E-state index contributed by atoms with van der Waals surface area (Å²) < 4.78 is 0. The zero-order valence-electron chi connectivity index (χ0n) is 9.82. The van der Waals surface area contributed by atoms with Gasteiger partial charge >= 0.3 is 0 Å². The summed E-state index contributed by atoms with van der Waals surface area (Å²) in [5.41, 5.74) is 0. The molecular weight excluding hydrogens is 204 g/mol. The lowest BCUT2D eigenvalue weighted by Gasteiger charge is -2.29. The average molecular weight is 226 g/mol. The second kappa shape index (κ2) is 5.75. The zero-order valence-corrected chi connectivity index (χ0v) is 9.82. The number of carbonyl (C=O) groups excluding carboxylic acids is 1. The van der Waals surface area contributed by atoms with E-state index in [1.54, 1.807) is 0 Å². The Kier molecular flexibility index (Phi) is 4.32. The van der Waals surface area contributed by atoms with Gasteiger partial charge in [0.15, 0.2) is 5.78 Å². The van der Waals surface area contributed by atoms with E-state index in [4.69, 9.17) is 5.11 Å². The Labute approximate surface area is 97.0 Å². The third-order valence-corrected chi connectivity index (χ3v) is 3.73. The van der Waals surface area contributed by atoms with Crippen molar-refractivity contribution < 1.29 is 9.90 Å². The van der Waals surface area contributed by atoms with Crippen molar-refractivity contribution in [2.45, 2.75) is 44.2 Å². The van der Waals surface area contributed by atoms with Gasteiger partial charge in [0.1, 0.15) is 0 Å². The summed E-state index contributed by atoms with van der Waals surface area (Å²) in [5, 5.41) is 12.3. The fourth-order valence-electron chi connectivity index (χ4n) is 2.87. The number of ketones is 1. The number of hydrogen-bond donors (Lipinski definition) is 2. The number of likely N-dealkylation sites (tertiary alicyclic amines) is 1. The van der Waals surface area contributed by atoms with Crippen molar-refractivity contribution in [2.24, 2.45) is 0 Å². The van der Waals surface area contributed by atoms with Gasteiger partial charge in [-0.15, -0.1) is 0 Å². The van der Waals surface area contributed by atoms with Crippen LogP contribution in [-0.2, 0) is 4.79 Å². The minimum absolute atomic E-state index is 0.0581. The van der Waals surface area contributed by atoms with Crippen LogP contribution in [0.25, 0.3) is 0 Å². The molecule has 0 spiro atoms. The Morgan fingerprint density at radius 2 is 2.19 bits per heavy atom. The monoisotopic (exact) mass is 226 g/mol. The fraction of sp³-hybridized carbons (Fsp3) is 0.917. The van der Waals surface area contributed by atoms with Crippen LogP contribution in [0.15, 0.2) is 0 Å². The van der Waals surface area contributed by atoms with Crippen LogP contribution in [0.4, 0.5) is 0 Å². The van der Waals surface area contributed by atoms with E-state index in [0.29, 0.717) is 12.3 Å². The van der Waals surface area contributed by atoms with Gasteiger partial charge in [0.2, 0.25) is 0 Å². The molecule has 2 atom stereocenters. The molecule has 0 radical (unpaired) electrons. The molecule has 2 N–H and O–H groups in total. The maximum absolute atomic E-state index is 12.3. The number of rotatable bonds is 4. The molecule has 0 amide bonds. The van der Waals surface area contributed by atoms with Crippen molar-refractivity contribution in [3.63, 3.8) is 0 Å². The first-order valence-corrected chi connectivity index (χ1v) is 6.45. The van der Waals surface area contributed by atoms with Crippen LogP contribution in [0.1, 0.15) is 32.1 Å². The highest BCUT2D eigenvalue weighted by atomic mass is 16.3. The van der Waals surface area contributed by atoms with Gasteiger partial charge in [-0.05, 0) is 38.8 Å². The Balaban J connectivity index is 1.91. The number of nitrogens with zero attached hydrogens (tertiary/aromatic N) is 1.